The Bertz CT molecular complexity index is 546. The number of amides is 1. The minimum atomic E-state index is -0.766. The molecule has 1 aliphatic heterocycles. The smallest absolute Gasteiger partial charge is 0.266 e. The van der Waals surface area contributed by atoms with Crippen LogP contribution in [0.1, 0.15) is 38.2 Å². The summed E-state index contributed by atoms with van der Waals surface area (Å²) in [6, 6.07) is 8.05. The number of nitrogens with zero attached hydrogens (tertiary/aromatic N) is 2. The van der Waals surface area contributed by atoms with Gasteiger partial charge in [-0.05, 0) is 25.8 Å². The second-order valence-electron chi connectivity index (χ2n) is 5.54. The van der Waals surface area contributed by atoms with Crippen LogP contribution in [0.25, 0.3) is 0 Å². The van der Waals surface area contributed by atoms with Gasteiger partial charge in [0.1, 0.15) is 0 Å². The molecular weight excluding hydrogens is 250 g/mol. The molecule has 0 saturated heterocycles. The molecule has 1 unspecified atom stereocenters. The molecule has 2 aliphatic rings. The van der Waals surface area contributed by atoms with Gasteiger partial charge in [-0.1, -0.05) is 31.0 Å². The van der Waals surface area contributed by atoms with Crippen molar-refractivity contribution in [2.45, 2.75) is 38.8 Å². The van der Waals surface area contributed by atoms with E-state index >= 15 is 0 Å². The Morgan fingerprint density at radius 2 is 2.00 bits per heavy atom. The lowest BCUT2D eigenvalue weighted by Crippen LogP contribution is -2.42. The van der Waals surface area contributed by atoms with Gasteiger partial charge in [0, 0.05) is 23.7 Å². The number of nitrogens with two attached hydrogens (primary N) is 1. The molecular formula is C16H21N3O. The average Bonchev–Trinajstić information content (AvgIpc) is 2.96. The highest BCUT2D eigenvalue weighted by Crippen LogP contribution is 2.34. The summed E-state index contributed by atoms with van der Waals surface area (Å²) in [7, 11) is 0. The first-order chi connectivity index (χ1) is 9.72. The van der Waals surface area contributed by atoms with E-state index in [1.165, 1.54) is 12.8 Å². The Hall–Kier alpha value is -1.68. The zero-order valence-electron chi connectivity index (χ0n) is 11.9. The molecule has 0 bridgehead atoms. The van der Waals surface area contributed by atoms with E-state index in [-0.39, 0.29) is 5.91 Å². The minimum Gasteiger partial charge on any atom is -0.309 e. The van der Waals surface area contributed by atoms with Crippen molar-refractivity contribution in [3.05, 3.63) is 29.8 Å². The van der Waals surface area contributed by atoms with Crippen molar-refractivity contribution in [2.75, 3.05) is 11.4 Å². The SMILES string of the molecule is CCN1C(=O)C(N)N=C(C2CCCC2)c2ccccc21. The van der Waals surface area contributed by atoms with Crippen LogP contribution in [0, 0.1) is 5.92 Å². The lowest BCUT2D eigenvalue weighted by molar-refractivity contribution is -0.119. The summed E-state index contributed by atoms with van der Waals surface area (Å²) in [5.74, 6) is 0.347. The maximum absolute atomic E-state index is 12.4. The van der Waals surface area contributed by atoms with Gasteiger partial charge < -0.3 is 10.6 Å². The number of hydrogen-bond donors (Lipinski definition) is 1. The highest BCUT2D eigenvalue weighted by Gasteiger charge is 2.32. The van der Waals surface area contributed by atoms with Gasteiger partial charge in [0.25, 0.3) is 5.91 Å². The average molecular weight is 271 g/mol. The van der Waals surface area contributed by atoms with Crippen LogP contribution in [0.5, 0.6) is 0 Å². The molecule has 106 valence electrons. The van der Waals surface area contributed by atoms with Crippen LogP contribution < -0.4 is 10.6 Å². The quantitative estimate of drug-likeness (QED) is 0.897. The number of carbonyl (C=O) groups excluding carboxylic acids is 1. The predicted octanol–water partition coefficient (Wildman–Crippen LogP) is 2.32. The van der Waals surface area contributed by atoms with Gasteiger partial charge in [-0.2, -0.15) is 0 Å². The Labute approximate surface area is 119 Å². The topological polar surface area (TPSA) is 58.7 Å². The number of carbonyl (C=O) groups is 1. The van der Waals surface area contributed by atoms with Crippen molar-refractivity contribution in [3.63, 3.8) is 0 Å². The molecule has 20 heavy (non-hydrogen) atoms. The molecule has 1 fully saturated rings. The summed E-state index contributed by atoms with van der Waals surface area (Å²) in [5, 5.41) is 0. The lowest BCUT2D eigenvalue weighted by Gasteiger charge is -2.22. The number of rotatable bonds is 2. The van der Waals surface area contributed by atoms with Gasteiger partial charge in [-0.15, -0.1) is 0 Å². The lowest BCUT2D eigenvalue weighted by atomic mass is 9.94. The largest absolute Gasteiger partial charge is 0.309 e. The third-order valence-corrected chi connectivity index (χ3v) is 4.33. The summed E-state index contributed by atoms with van der Waals surface area (Å²) in [5.41, 5.74) is 9.08. The monoisotopic (exact) mass is 271 g/mol. The molecule has 1 aromatic carbocycles. The van der Waals surface area contributed by atoms with Gasteiger partial charge in [0.2, 0.25) is 0 Å². The van der Waals surface area contributed by atoms with E-state index < -0.39 is 6.17 Å². The van der Waals surface area contributed by atoms with Gasteiger partial charge in [0.05, 0.1) is 5.69 Å². The first kappa shape index (κ1) is 13.3. The summed E-state index contributed by atoms with van der Waals surface area (Å²) >= 11 is 0. The molecule has 1 aromatic rings. The summed E-state index contributed by atoms with van der Waals surface area (Å²) in [6.07, 6.45) is 4.03. The van der Waals surface area contributed by atoms with E-state index in [1.54, 1.807) is 4.90 Å². The second-order valence-corrected chi connectivity index (χ2v) is 5.54. The van der Waals surface area contributed by atoms with E-state index in [1.807, 2.05) is 25.1 Å². The first-order valence-electron chi connectivity index (χ1n) is 7.46. The third kappa shape index (κ3) is 2.14. The maximum Gasteiger partial charge on any atom is 0.266 e. The number of hydrogen-bond acceptors (Lipinski definition) is 3. The van der Waals surface area contributed by atoms with Crippen molar-refractivity contribution in [3.8, 4) is 0 Å². The fourth-order valence-corrected chi connectivity index (χ4v) is 3.33. The standard InChI is InChI=1S/C16H21N3O/c1-2-19-13-10-6-5-9-12(13)14(11-7-3-4-8-11)18-15(17)16(19)20/h5-6,9-11,15H,2-4,7-8,17H2,1H3. The zero-order valence-corrected chi connectivity index (χ0v) is 11.9. The van der Waals surface area contributed by atoms with Crippen molar-refractivity contribution >= 4 is 17.3 Å². The number of benzodiazepines with no additional fused rings is 1. The highest BCUT2D eigenvalue weighted by molar-refractivity contribution is 6.13. The van der Waals surface area contributed by atoms with Crippen molar-refractivity contribution in [2.24, 2.45) is 16.6 Å². The Morgan fingerprint density at radius 1 is 1.30 bits per heavy atom. The van der Waals surface area contributed by atoms with E-state index in [0.29, 0.717) is 12.5 Å². The fraction of sp³-hybridized carbons (Fsp3) is 0.500. The Morgan fingerprint density at radius 3 is 2.70 bits per heavy atom. The molecule has 3 rings (SSSR count). The molecule has 1 saturated carbocycles. The molecule has 0 spiro atoms. The van der Waals surface area contributed by atoms with Gasteiger partial charge in [-0.3, -0.25) is 9.79 Å². The van der Waals surface area contributed by atoms with Gasteiger partial charge >= 0.3 is 0 Å². The number of aliphatic imine (C=N–C) groups is 1. The van der Waals surface area contributed by atoms with Crippen LogP contribution in [0.15, 0.2) is 29.3 Å². The number of fused-ring (bicyclic) bond motifs is 1. The van der Waals surface area contributed by atoms with Crippen LogP contribution >= 0.6 is 0 Å². The Balaban J connectivity index is 2.12. The van der Waals surface area contributed by atoms with E-state index in [2.05, 4.69) is 11.1 Å². The number of benzene rings is 1. The summed E-state index contributed by atoms with van der Waals surface area (Å²) in [4.78, 5) is 18.7. The molecule has 1 aliphatic carbocycles. The molecule has 0 aromatic heterocycles. The van der Waals surface area contributed by atoms with Crippen LogP contribution in [-0.2, 0) is 4.79 Å². The predicted molar refractivity (Wildman–Crippen MR) is 80.9 cm³/mol. The highest BCUT2D eigenvalue weighted by atomic mass is 16.2. The minimum absolute atomic E-state index is 0.104. The third-order valence-electron chi connectivity index (χ3n) is 4.33. The van der Waals surface area contributed by atoms with Crippen LogP contribution in [0.3, 0.4) is 0 Å². The molecule has 1 heterocycles. The molecule has 4 nitrogen and oxygen atoms in total. The van der Waals surface area contributed by atoms with Crippen LogP contribution in [0.4, 0.5) is 5.69 Å². The summed E-state index contributed by atoms with van der Waals surface area (Å²) < 4.78 is 0. The molecule has 2 N–H and O–H groups in total. The van der Waals surface area contributed by atoms with Crippen molar-refractivity contribution < 1.29 is 4.79 Å². The van der Waals surface area contributed by atoms with Gasteiger partial charge in [-0.25, -0.2) is 0 Å². The van der Waals surface area contributed by atoms with Gasteiger partial charge in [0.15, 0.2) is 6.17 Å². The number of likely N-dealkylation sites (N-methyl/N-ethyl adjacent to an activating group) is 1. The summed E-state index contributed by atoms with van der Waals surface area (Å²) in [6.45, 7) is 2.60. The zero-order chi connectivity index (χ0) is 14.1. The van der Waals surface area contributed by atoms with E-state index in [0.717, 1.165) is 29.8 Å². The molecule has 1 atom stereocenters. The fourth-order valence-electron chi connectivity index (χ4n) is 3.33. The molecule has 1 amide bonds. The number of para-hydroxylation sites is 1. The van der Waals surface area contributed by atoms with Crippen LogP contribution in [-0.4, -0.2) is 24.3 Å². The first-order valence-corrected chi connectivity index (χ1v) is 7.46. The Kier molecular flexibility index (Phi) is 3.57. The number of anilines is 1. The second kappa shape index (κ2) is 5.37. The van der Waals surface area contributed by atoms with Crippen LogP contribution in [0.2, 0.25) is 0 Å². The van der Waals surface area contributed by atoms with E-state index in [4.69, 9.17) is 5.73 Å². The van der Waals surface area contributed by atoms with E-state index in [9.17, 15) is 4.79 Å². The molecule has 0 radical (unpaired) electrons. The normalized spacial score (nSPS) is 23.5. The van der Waals surface area contributed by atoms with Crippen molar-refractivity contribution in [1.29, 1.82) is 0 Å². The maximum atomic E-state index is 12.4. The van der Waals surface area contributed by atoms with Crippen molar-refractivity contribution in [1.82, 2.24) is 0 Å². The molecule has 4 heteroatoms.